The van der Waals surface area contributed by atoms with Crippen LogP contribution < -0.4 is 9.47 Å². The van der Waals surface area contributed by atoms with Crippen molar-refractivity contribution >= 4 is 11.8 Å². The van der Waals surface area contributed by atoms with Gasteiger partial charge in [-0.15, -0.1) is 0 Å². The number of nitrogens with zero attached hydrogens (tertiary/aromatic N) is 2. The van der Waals surface area contributed by atoms with E-state index < -0.39 is 0 Å². The molecule has 0 aromatic heterocycles. The molecule has 0 radical (unpaired) electrons. The molecule has 0 unspecified atom stereocenters. The second-order valence-electron chi connectivity index (χ2n) is 10.3. The maximum Gasteiger partial charge on any atom is 0.260 e. The van der Waals surface area contributed by atoms with E-state index in [4.69, 9.17) is 9.47 Å². The summed E-state index contributed by atoms with van der Waals surface area (Å²) in [4.78, 5) is 29.5. The molecular formula is C25H34N2O4. The minimum atomic E-state index is -0.0425. The second kappa shape index (κ2) is 8.36. The summed E-state index contributed by atoms with van der Waals surface area (Å²) in [5.74, 6) is 4.07. The lowest BCUT2D eigenvalue weighted by Gasteiger charge is -2.57. The van der Waals surface area contributed by atoms with Gasteiger partial charge in [-0.3, -0.25) is 9.59 Å². The molecule has 0 atom stereocenters. The minimum Gasteiger partial charge on any atom is -0.493 e. The normalized spacial score (nSPS) is 31.6. The number of benzene rings is 1. The zero-order valence-electron chi connectivity index (χ0n) is 18.6. The van der Waals surface area contributed by atoms with Crippen molar-refractivity contribution in [3.05, 3.63) is 24.3 Å². The smallest absolute Gasteiger partial charge is 0.260 e. The SMILES string of the molecule is COc1ccccc1OCC(=O)N1CCN(C(=O)CC23CC4CC(CC(C4)C2)C3)CC1. The molecule has 6 rings (SSSR count). The summed E-state index contributed by atoms with van der Waals surface area (Å²) in [6, 6.07) is 7.34. The molecule has 168 valence electrons. The Morgan fingerprint density at radius 1 is 0.871 bits per heavy atom. The molecule has 1 heterocycles. The Bertz CT molecular complexity index is 795. The molecule has 31 heavy (non-hydrogen) atoms. The van der Waals surface area contributed by atoms with Crippen molar-refractivity contribution in [1.82, 2.24) is 9.80 Å². The van der Waals surface area contributed by atoms with Crippen molar-refractivity contribution < 1.29 is 19.1 Å². The molecule has 4 saturated carbocycles. The number of hydrogen-bond acceptors (Lipinski definition) is 4. The first kappa shape index (κ1) is 20.7. The van der Waals surface area contributed by atoms with Gasteiger partial charge in [0, 0.05) is 32.6 Å². The molecule has 2 amide bonds. The van der Waals surface area contributed by atoms with Crippen LogP contribution in [0.2, 0.25) is 0 Å². The Labute approximate surface area is 184 Å². The summed E-state index contributed by atoms with van der Waals surface area (Å²) in [7, 11) is 1.59. The van der Waals surface area contributed by atoms with Crippen molar-refractivity contribution in [2.45, 2.75) is 44.9 Å². The van der Waals surface area contributed by atoms with E-state index in [-0.39, 0.29) is 17.9 Å². The molecule has 6 nitrogen and oxygen atoms in total. The van der Waals surface area contributed by atoms with Crippen molar-refractivity contribution in [2.24, 2.45) is 23.2 Å². The summed E-state index contributed by atoms with van der Waals surface area (Å²) in [5.41, 5.74) is 0.279. The minimum absolute atomic E-state index is 0.0123. The van der Waals surface area contributed by atoms with Crippen LogP contribution in [-0.2, 0) is 9.59 Å². The molecule has 1 aromatic rings. The van der Waals surface area contributed by atoms with Crippen LogP contribution in [-0.4, -0.2) is 61.5 Å². The van der Waals surface area contributed by atoms with Crippen LogP contribution in [0.25, 0.3) is 0 Å². The van der Waals surface area contributed by atoms with E-state index in [1.54, 1.807) is 13.2 Å². The van der Waals surface area contributed by atoms with E-state index in [2.05, 4.69) is 0 Å². The van der Waals surface area contributed by atoms with E-state index in [9.17, 15) is 9.59 Å². The zero-order chi connectivity index (χ0) is 21.4. The number of carbonyl (C=O) groups is 2. The zero-order valence-corrected chi connectivity index (χ0v) is 18.6. The van der Waals surface area contributed by atoms with E-state index in [0.717, 1.165) is 24.2 Å². The molecule has 4 aliphatic carbocycles. The van der Waals surface area contributed by atoms with Gasteiger partial charge >= 0.3 is 0 Å². The van der Waals surface area contributed by atoms with E-state index in [0.29, 0.717) is 43.6 Å². The van der Waals surface area contributed by atoms with E-state index in [1.165, 1.54) is 38.5 Å². The van der Waals surface area contributed by atoms with Crippen LogP contribution in [0.4, 0.5) is 0 Å². The number of piperazine rings is 1. The Kier molecular flexibility index (Phi) is 5.57. The predicted octanol–water partition coefficient (Wildman–Crippen LogP) is 3.35. The molecule has 5 fully saturated rings. The highest BCUT2D eigenvalue weighted by molar-refractivity contribution is 5.79. The fraction of sp³-hybridized carbons (Fsp3) is 0.680. The number of ether oxygens (including phenoxy) is 2. The standard InChI is InChI=1S/C25H34N2O4/c1-30-21-4-2-3-5-22(21)31-17-24(29)27-8-6-26(7-9-27)23(28)16-25-13-18-10-19(14-25)12-20(11-18)15-25/h2-5,18-20H,6-17H2,1H3. The molecule has 1 aliphatic heterocycles. The lowest BCUT2D eigenvalue weighted by molar-refractivity contribution is -0.145. The van der Waals surface area contributed by atoms with Gasteiger partial charge in [-0.05, 0) is 73.8 Å². The molecule has 0 spiro atoms. The summed E-state index contributed by atoms with van der Waals surface area (Å²) in [5, 5.41) is 0. The van der Waals surface area contributed by atoms with Gasteiger partial charge < -0.3 is 19.3 Å². The molecule has 5 aliphatic rings. The van der Waals surface area contributed by atoms with Crippen LogP contribution in [0, 0.1) is 23.2 Å². The average Bonchev–Trinajstić information content (AvgIpc) is 2.76. The first-order chi connectivity index (χ1) is 15.0. The summed E-state index contributed by atoms with van der Waals surface area (Å²) in [6.45, 7) is 2.42. The maximum atomic E-state index is 13.1. The number of rotatable bonds is 6. The molecule has 1 saturated heterocycles. The first-order valence-corrected chi connectivity index (χ1v) is 11.8. The third-order valence-corrected chi connectivity index (χ3v) is 8.10. The number of methoxy groups -OCH3 is 1. The van der Waals surface area contributed by atoms with Gasteiger partial charge in [-0.25, -0.2) is 0 Å². The first-order valence-electron chi connectivity index (χ1n) is 11.8. The lowest BCUT2D eigenvalue weighted by atomic mass is 9.49. The van der Waals surface area contributed by atoms with Gasteiger partial charge in [0.05, 0.1) is 7.11 Å². The molecule has 6 heteroatoms. The highest BCUT2D eigenvalue weighted by atomic mass is 16.5. The van der Waals surface area contributed by atoms with Gasteiger partial charge in [-0.2, -0.15) is 0 Å². The Balaban J connectivity index is 1.10. The number of carbonyl (C=O) groups excluding carboxylic acids is 2. The van der Waals surface area contributed by atoms with Crippen LogP contribution in [0.3, 0.4) is 0 Å². The average molecular weight is 427 g/mol. The van der Waals surface area contributed by atoms with Crippen molar-refractivity contribution in [3.8, 4) is 11.5 Å². The largest absolute Gasteiger partial charge is 0.493 e. The molecule has 0 N–H and O–H groups in total. The fourth-order valence-electron chi connectivity index (χ4n) is 7.11. The van der Waals surface area contributed by atoms with Gasteiger partial charge in [0.25, 0.3) is 5.91 Å². The molecular weight excluding hydrogens is 392 g/mol. The van der Waals surface area contributed by atoms with E-state index >= 15 is 0 Å². The lowest BCUT2D eigenvalue weighted by Crippen LogP contribution is -2.53. The van der Waals surface area contributed by atoms with Crippen LogP contribution in [0.1, 0.15) is 44.9 Å². The monoisotopic (exact) mass is 426 g/mol. The Morgan fingerprint density at radius 3 is 1.94 bits per heavy atom. The van der Waals surface area contributed by atoms with Crippen LogP contribution in [0.15, 0.2) is 24.3 Å². The third-order valence-electron chi connectivity index (χ3n) is 8.10. The third kappa shape index (κ3) is 4.26. The Morgan fingerprint density at radius 2 is 1.39 bits per heavy atom. The molecule has 1 aromatic carbocycles. The van der Waals surface area contributed by atoms with E-state index in [1.807, 2.05) is 28.0 Å². The topological polar surface area (TPSA) is 59.1 Å². The van der Waals surface area contributed by atoms with Gasteiger partial charge in [0.15, 0.2) is 18.1 Å². The maximum absolute atomic E-state index is 13.1. The summed E-state index contributed by atoms with van der Waals surface area (Å²) >= 11 is 0. The summed E-state index contributed by atoms with van der Waals surface area (Å²) in [6.07, 6.45) is 8.75. The number of amides is 2. The summed E-state index contributed by atoms with van der Waals surface area (Å²) < 4.78 is 10.9. The number of para-hydroxylation sites is 2. The predicted molar refractivity (Wildman–Crippen MR) is 117 cm³/mol. The Hall–Kier alpha value is -2.24. The fourth-order valence-corrected chi connectivity index (χ4v) is 7.11. The van der Waals surface area contributed by atoms with Gasteiger partial charge in [-0.1, -0.05) is 12.1 Å². The highest BCUT2D eigenvalue weighted by Crippen LogP contribution is 2.61. The highest BCUT2D eigenvalue weighted by Gasteiger charge is 2.51. The molecule has 4 bridgehead atoms. The second-order valence-corrected chi connectivity index (χ2v) is 10.3. The quantitative estimate of drug-likeness (QED) is 0.700. The van der Waals surface area contributed by atoms with Crippen molar-refractivity contribution in [1.29, 1.82) is 0 Å². The number of hydrogen-bond donors (Lipinski definition) is 0. The van der Waals surface area contributed by atoms with Gasteiger partial charge in [0.1, 0.15) is 0 Å². The van der Waals surface area contributed by atoms with Gasteiger partial charge in [0.2, 0.25) is 5.91 Å². The van der Waals surface area contributed by atoms with Crippen molar-refractivity contribution in [2.75, 3.05) is 39.9 Å². The van der Waals surface area contributed by atoms with Crippen LogP contribution in [0.5, 0.6) is 11.5 Å². The van der Waals surface area contributed by atoms with Crippen LogP contribution >= 0.6 is 0 Å². The van der Waals surface area contributed by atoms with Crippen molar-refractivity contribution in [3.63, 3.8) is 0 Å².